The molecule has 2 fully saturated rings. The zero-order valence-corrected chi connectivity index (χ0v) is 10.8. The molecule has 1 amide bonds. The summed E-state index contributed by atoms with van der Waals surface area (Å²) < 4.78 is 4.89. The van der Waals surface area contributed by atoms with Crippen molar-refractivity contribution < 1.29 is 14.3 Å². The number of hydrogen-bond donors (Lipinski definition) is 0. The lowest BCUT2D eigenvalue weighted by Crippen LogP contribution is -2.73. The first kappa shape index (κ1) is 12.1. The molecular weight excluding hydrogens is 244 g/mol. The summed E-state index contributed by atoms with van der Waals surface area (Å²) in [6, 6.07) is 5.38. The Morgan fingerprint density at radius 3 is 2.95 bits per heavy atom. The first-order chi connectivity index (χ1) is 9.19. The molecule has 1 saturated heterocycles. The van der Waals surface area contributed by atoms with Crippen LogP contribution in [0.1, 0.15) is 36.2 Å². The van der Waals surface area contributed by atoms with E-state index in [0.717, 1.165) is 19.3 Å². The molecule has 0 N–H and O–H groups in total. The maximum absolute atomic E-state index is 12.5. The van der Waals surface area contributed by atoms with E-state index in [9.17, 15) is 9.59 Å². The summed E-state index contributed by atoms with van der Waals surface area (Å²) in [5.41, 5.74) is -0.353. The van der Waals surface area contributed by atoms with Crippen LogP contribution in [0.4, 0.5) is 0 Å². The Labute approximate surface area is 111 Å². The molecule has 5 nitrogen and oxygen atoms in total. The molecule has 3 rings (SSSR count). The van der Waals surface area contributed by atoms with Gasteiger partial charge in [0.05, 0.1) is 7.11 Å². The average molecular weight is 260 g/mol. The number of pyridine rings is 1. The highest BCUT2D eigenvalue weighted by molar-refractivity contribution is 5.98. The Morgan fingerprint density at radius 2 is 2.32 bits per heavy atom. The average Bonchev–Trinajstić information content (AvgIpc) is 2.47. The zero-order chi connectivity index (χ0) is 13.5. The van der Waals surface area contributed by atoms with Crippen LogP contribution >= 0.6 is 0 Å². The molecule has 1 aliphatic heterocycles. The minimum atomic E-state index is -0.744. The number of carbonyl (C=O) groups is 2. The third kappa shape index (κ3) is 1.64. The number of esters is 1. The third-order valence-corrected chi connectivity index (χ3v) is 4.20. The van der Waals surface area contributed by atoms with Gasteiger partial charge in [0.2, 0.25) is 0 Å². The minimum absolute atomic E-state index is 0.155. The maximum atomic E-state index is 12.5. The van der Waals surface area contributed by atoms with Crippen molar-refractivity contribution in [2.45, 2.75) is 37.3 Å². The highest BCUT2D eigenvalue weighted by atomic mass is 16.5. The first-order valence-corrected chi connectivity index (χ1v) is 6.52. The van der Waals surface area contributed by atoms with E-state index in [2.05, 4.69) is 4.98 Å². The van der Waals surface area contributed by atoms with Gasteiger partial charge in [-0.15, -0.1) is 0 Å². The number of piperidine rings is 1. The van der Waals surface area contributed by atoms with E-state index in [1.165, 1.54) is 7.11 Å². The van der Waals surface area contributed by atoms with E-state index in [1.54, 1.807) is 29.3 Å². The van der Waals surface area contributed by atoms with Crippen molar-refractivity contribution in [2.75, 3.05) is 7.11 Å². The number of carbonyl (C=O) groups excluding carboxylic acids is 2. The molecule has 1 aromatic heterocycles. The number of rotatable bonds is 2. The minimum Gasteiger partial charge on any atom is -0.467 e. The second-order valence-corrected chi connectivity index (χ2v) is 5.16. The van der Waals surface area contributed by atoms with Gasteiger partial charge in [-0.25, -0.2) is 4.79 Å². The van der Waals surface area contributed by atoms with Crippen molar-refractivity contribution in [2.24, 2.45) is 0 Å². The van der Waals surface area contributed by atoms with Crippen molar-refractivity contribution in [3.8, 4) is 0 Å². The van der Waals surface area contributed by atoms with Crippen LogP contribution in [0, 0.1) is 0 Å². The monoisotopic (exact) mass is 260 g/mol. The molecule has 1 aromatic rings. The fraction of sp³-hybridized carbons (Fsp3) is 0.500. The molecule has 1 aliphatic carbocycles. The summed E-state index contributed by atoms with van der Waals surface area (Å²) in [4.78, 5) is 30.3. The van der Waals surface area contributed by atoms with Gasteiger partial charge in [-0.1, -0.05) is 6.07 Å². The zero-order valence-electron chi connectivity index (χ0n) is 10.8. The number of amides is 1. The molecule has 0 unspecified atom stereocenters. The molecule has 1 saturated carbocycles. The van der Waals surface area contributed by atoms with E-state index < -0.39 is 5.54 Å². The van der Waals surface area contributed by atoms with E-state index in [-0.39, 0.29) is 17.9 Å². The van der Waals surface area contributed by atoms with Gasteiger partial charge in [0.1, 0.15) is 11.2 Å². The molecule has 2 atom stereocenters. The van der Waals surface area contributed by atoms with Crippen molar-refractivity contribution in [1.29, 1.82) is 0 Å². The number of methoxy groups -OCH3 is 1. The quantitative estimate of drug-likeness (QED) is 0.754. The molecule has 19 heavy (non-hydrogen) atoms. The lowest BCUT2D eigenvalue weighted by atomic mass is 9.68. The topological polar surface area (TPSA) is 59.5 Å². The normalized spacial score (nSPS) is 28.5. The number of hydrogen-bond acceptors (Lipinski definition) is 4. The van der Waals surface area contributed by atoms with E-state index in [0.29, 0.717) is 12.1 Å². The molecule has 2 heterocycles. The molecule has 0 spiro atoms. The van der Waals surface area contributed by atoms with Gasteiger partial charge in [0.25, 0.3) is 5.91 Å². The van der Waals surface area contributed by atoms with Crippen molar-refractivity contribution in [3.05, 3.63) is 30.1 Å². The second kappa shape index (κ2) is 4.33. The highest BCUT2D eigenvalue weighted by Gasteiger charge is 2.61. The third-order valence-electron chi connectivity index (χ3n) is 4.20. The maximum Gasteiger partial charge on any atom is 0.331 e. The van der Waals surface area contributed by atoms with Crippen molar-refractivity contribution >= 4 is 11.9 Å². The molecule has 5 heteroatoms. The predicted octanol–water partition coefficient (Wildman–Crippen LogP) is 1.39. The summed E-state index contributed by atoms with van der Waals surface area (Å²) in [5.74, 6) is -0.463. The Bertz CT molecular complexity index is 513. The van der Waals surface area contributed by atoms with Gasteiger partial charge in [0, 0.05) is 18.7 Å². The molecular formula is C14H16N2O3. The number of likely N-dealkylation sites (tertiary alicyclic amines) is 1. The van der Waals surface area contributed by atoms with Gasteiger partial charge >= 0.3 is 5.97 Å². The van der Waals surface area contributed by atoms with Crippen molar-refractivity contribution in [1.82, 2.24) is 9.88 Å². The Balaban J connectivity index is 1.91. The van der Waals surface area contributed by atoms with Crippen LogP contribution in [0.5, 0.6) is 0 Å². The van der Waals surface area contributed by atoms with E-state index in [1.807, 2.05) is 0 Å². The lowest BCUT2D eigenvalue weighted by molar-refractivity contribution is -0.174. The van der Waals surface area contributed by atoms with Crippen molar-refractivity contribution in [3.63, 3.8) is 0 Å². The first-order valence-electron chi connectivity index (χ1n) is 6.52. The molecule has 0 radical (unpaired) electrons. The van der Waals surface area contributed by atoms with E-state index in [4.69, 9.17) is 4.74 Å². The number of aromatic nitrogens is 1. The van der Waals surface area contributed by atoms with Gasteiger partial charge in [-0.2, -0.15) is 0 Å². The van der Waals surface area contributed by atoms with Crippen LogP contribution in [0.3, 0.4) is 0 Å². The van der Waals surface area contributed by atoms with Crippen LogP contribution < -0.4 is 0 Å². The molecule has 100 valence electrons. The summed E-state index contributed by atoms with van der Waals surface area (Å²) in [5, 5.41) is 0. The largest absolute Gasteiger partial charge is 0.467 e. The standard InChI is InChI=1S/C14H16N2O3/c1-19-13(18)14-7-4-5-10(9-14)16(14)12(17)11-6-2-3-8-15-11/h2-3,6,8,10H,4-5,7,9H2,1H3/t10-,14+/m1/s1. The van der Waals surface area contributed by atoms with E-state index >= 15 is 0 Å². The lowest BCUT2D eigenvalue weighted by Gasteiger charge is -2.59. The van der Waals surface area contributed by atoms with Gasteiger partial charge in [-0.3, -0.25) is 9.78 Å². The highest BCUT2D eigenvalue weighted by Crippen LogP contribution is 2.48. The molecule has 2 bridgehead atoms. The second-order valence-electron chi connectivity index (χ2n) is 5.16. The Hall–Kier alpha value is -1.91. The molecule has 0 aromatic carbocycles. The fourth-order valence-electron chi connectivity index (χ4n) is 3.35. The Kier molecular flexibility index (Phi) is 2.77. The summed E-state index contributed by atoms with van der Waals surface area (Å²) in [6.07, 6.45) is 4.92. The van der Waals surface area contributed by atoms with Gasteiger partial charge in [-0.05, 0) is 31.4 Å². The Morgan fingerprint density at radius 1 is 1.47 bits per heavy atom. The van der Waals surface area contributed by atoms with Crippen LogP contribution in [0.25, 0.3) is 0 Å². The summed E-state index contributed by atoms with van der Waals surface area (Å²) in [6.45, 7) is 0. The van der Waals surface area contributed by atoms with Gasteiger partial charge < -0.3 is 9.64 Å². The van der Waals surface area contributed by atoms with Crippen LogP contribution in [-0.2, 0) is 9.53 Å². The van der Waals surface area contributed by atoms with Crippen LogP contribution in [0.15, 0.2) is 24.4 Å². The summed E-state index contributed by atoms with van der Waals surface area (Å²) >= 11 is 0. The van der Waals surface area contributed by atoms with Crippen LogP contribution in [0.2, 0.25) is 0 Å². The fourth-order valence-corrected chi connectivity index (χ4v) is 3.35. The predicted molar refractivity (Wildman–Crippen MR) is 67.4 cm³/mol. The van der Waals surface area contributed by atoms with Gasteiger partial charge in [0.15, 0.2) is 0 Å². The van der Waals surface area contributed by atoms with Crippen LogP contribution in [-0.4, -0.2) is 40.5 Å². The number of nitrogens with zero attached hydrogens (tertiary/aromatic N) is 2. The molecule has 2 aliphatic rings. The SMILES string of the molecule is COC(=O)[C@]12CCC[C@H](C1)N2C(=O)c1ccccn1. The smallest absolute Gasteiger partial charge is 0.331 e. The number of fused-ring (bicyclic) bond motifs is 2. The number of ether oxygens (including phenoxy) is 1. The summed E-state index contributed by atoms with van der Waals surface area (Å²) in [7, 11) is 1.38.